The SMILES string of the molecule is CCCC(C(=O)OCc1ccccc1)C1(c2ccccc2)CC(O)=C(Sc2ccccc2C(C)C)C(=O)O1. The Bertz CT molecular complexity index is 1290. The molecular formula is C32H34O5S. The number of aliphatic hydroxyl groups excluding tert-OH is 1. The Morgan fingerprint density at radius 2 is 1.63 bits per heavy atom. The molecule has 0 saturated carbocycles. The lowest BCUT2D eigenvalue weighted by Crippen LogP contribution is -2.47. The predicted octanol–water partition coefficient (Wildman–Crippen LogP) is 7.67. The van der Waals surface area contributed by atoms with Crippen molar-refractivity contribution in [1.29, 1.82) is 0 Å². The maximum atomic E-state index is 13.6. The average Bonchev–Trinajstić information content (AvgIpc) is 2.93. The Kier molecular flexibility index (Phi) is 8.95. The van der Waals surface area contributed by atoms with Gasteiger partial charge in [0.2, 0.25) is 0 Å². The predicted molar refractivity (Wildman–Crippen MR) is 150 cm³/mol. The Labute approximate surface area is 228 Å². The number of carbonyl (C=O) groups excluding carboxylic acids is 2. The first-order valence-electron chi connectivity index (χ1n) is 13.0. The van der Waals surface area contributed by atoms with Crippen molar-refractivity contribution >= 4 is 23.7 Å². The Morgan fingerprint density at radius 1 is 1.00 bits per heavy atom. The van der Waals surface area contributed by atoms with Gasteiger partial charge in [0.15, 0.2) is 5.60 Å². The van der Waals surface area contributed by atoms with Crippen molar-refractivity contribution in [2.75, 3.05) is 0 Å². The van der Waals surface area contributed by atoms with Crippen LogP contribution in [0.25, 0.3) is 0 Å². The number of rotatable bonds is 10. The minimum atomic E-state index is -1.38. The van der Waals surface area contributed by atoms with Gasteiger partial charge in [-0.3, -0.25) is 4.79 Å². The summed E-state index contributed by atoms with van der Waals surface area (Å²) in [4.78, 5) is 28.2. The van der Waals surface area contributed by atoms with Crippen molar-refractivity contribution < 1.29 is 24.2 Å². The first-order chi connectivity index (χ1) is 18.4. The maximum Gasteiger partial charge on any atom is 0.349 e. The first kappa shape index (κ1) is 27.5. The second-order valence-corrected chi connectivity index (χ2v) is 10.9. The first-order valence-corrected chi connectivity index (χ1v) is 13.9. The maximum absolute atomic E-state index is 13.6. The van der Waals surface area contributed by atoms with Crippen LogP contribution in [0.4, 0.5) is 0 Å². The van der Waals surface area contributed by atoms with Crippen LogP contribution in [-0.2, 0) is 31.3 Å². The van der Waals surface area contributed by atoms with E-state index in [1.807, 2.05) is 91.9 Å². The van der Waals surface area contributed by atoms with Crippen LogP contribution in [-0.4, -0.2) is 17.0 Å². The van der Waals surface area contributed by atoms with E-state index in [0.717, 1.165) is 16.0 Å². The van der Waals surface area contributed by atoms with Gasteiger partial charge in [-0.2, -0.15) is 0 Å². The van der Waals surface area contributed by atoms with E-state index in [2.05, 4.69) is 13.8 Å². The lowest BCUT2D eigenvalue weighted by Gasteiger charge is -2.42. The molecule has 2 unspecified atom stereocenters. The molecular weight excluding hydrogens is 496 g/mol. The summed E-state index contributed by atoms with van der Waals surface area (Å²) >= 11 is 1.21. The number of hydrogen-bond acceptors (Lipinski definition) is 6. The van der Waals surface area contributed by atoms with Crippen LogP contribution in [0.2, 0.25) is 0 Å². The van der Waals surface area contributed by atoms with Gasteiger partial charge in [-0.15, -0.1) is 0 Å². The number of aliphatic hydroxyl groups is 1. The molecule has 1 aliphatic rings. The number of esters is 2. The van der Waals surface area contributed by atoms with Gasteiger partial charge >= 0.3 is 11.9 Å². The monoisotopic (exact) mass is 530 g/mol. The second kappa shape index (κ2) is 12.4. The Balaban J connectivity index is 1.71. The molecule has 1 aliphatic heterocycles. The lowest BCUT2D eigenvalue weighted by atomic mass is 9.75. The molecule has 0 radical (unpaired) electrons. The molecule has 6 heteroatoms. The van der Waals surface area contributed by atoms with Gasteiger partial charge in [0.1, 0.15) is 23.2 Å². The summed E-state index contributed by atoms with van der Waals surface area (Å²) in [5, 5.41) is 11.3. The summed E-state index contributed by atoms with van der Waals surface area (Å²) < 4.78 is 12.0. The molecule has 4 rings (SSSR count). The molecule has 0 amide bonds. The number of carbonyl (C=O) groups is 2. The normalized spacial score (nSPS) is 18.3. The van der Waals surface area contributed by atoms with E-state index in [0.29, 0.717) is 18.4 Å². The van der Waals surface area contributed by atoms with E-state index >= 15 is 0 Å². The average molecular weight is 531 g/mol. The molecule has 0 bridgehead atoms. The zero-order valence-electron chi connectivity index (χ0n) is 22.1. The molecule has 0 spiro atoms. The van der Waals surface area contributed by atoms with Gasteiger partial charge in [-0.05, 0) is 35.1 Å². The molecule has 3 aromatic rings. The van der Waals surface area contributed by atoms with E-state index in [-0.39, 0.29) is 29.6 Å². The fraction of sp³-hybridized carbons (Fsp3) is 0.312. The molecule has 198 valence electrons. The van der Waals surface area contributed by atoms with E-state index in [4.69, 9.17) is 9.47 Å². The molecule has 0 aromatic heterocycles. The molecule has 3 aromatic carbocycles. The van der Waals surface area contributed by atoms with Gasteiger partial charge in [-0.25, -0.2) is 4.79 Å². The topological polar surface area (TPSA) is 72.8 Å². The van der Waals surface area contributed by atoms with Crippen LogP contribution in [0.3, 0.4) is 0 Å². The summed E-state index contributed by atoms with van der Waals surface area (Å²) in [6.45, 7) is 6.27. The van der Waals surface area contributed by atoms with Gasteiger partial charge in [-0.1, -0.05) is 118 Å². The number of hydrogen-bond donors (Lipinski definition) is 1. The van der Waals surface area contributed by atoms with Gasteiger partial charge in [0.05, 0.1) is 6.42 Å². The Hall–Kier alpha value is -3.51. The van der Waals surface area contributed by atoms with Crippen LogP contribution in [0.15, 0.2) is 100 Å². The fourth-order valence-electron chi connectivity index (χ4n) is 4.89. The molecule has 2 atom stereocenters. The van der Waals surface area contributed by atoms with Gasteiger partial charge in [0, 0.05) is 4.90 Å². The van der Waals surface area contributed by atoms with Gasteiger partial charge in [0.25, 0.3) is 0 Å². The molecule has 0 aliphatic carbocycles. The third-order valence-corrected chi connectivity index (χ3v) is 8.01. The zero-order valence-corrected chi connectivity index (χ0v) is 22.9. The summed E-state index contributed by atoms with van der Waals surface area (Å²) in [5.74, 6) is -1.72. The minimum absolute atomic E-state index is 0.0139. The van der Waals surface area contributed by atoms with Crippen molar-refractivity contribution in [2.45, 2.75) is 63.1 Å². The minimum Gasteiger partial charge on any atom is -0.511 e. The lowest BCUT2D eigenvalue weighted by molar-refractivity contribution is -0.180. The van der Waals surface area contributed by atoms with Crippen molar-refractivity contribution in [3.63, 3.8) is 0 Å². The highest BCUT2D eigenvalue weighted by molar-refractivity contribution is 8.04. The smallest absolute Gasteiger partial charge is 0.349 e. The van der Waals surface area contributed by atoms with Crippen LogP contribution in [0.1, 0.15) is 62.6 Å². The third kappa shape index (κ3) is 5.97. The molecule has 0 saturated heterocycles. The molecule has 1 N–H and O–H groups in total. The number of cyclic esters (lactones) is 1. The van der Waals surface area contributed by atoms with Crippen molar-refractivity contribution in [3.8, 4) is 0 Å². The van der Waals surface area contributed by atoms with E-state index in [9.17, 15) is 14.7 Å². The van der Waals surface area contributed by atoms with E-state index in [1.165, 1.54) is 11.8 Å². The summed E-state index contributed by atoms with van der Waals surface area (Å²) in [6.07, 6.45) is 1.09. The largest absolute Gasteiger partial charge is 0.511 e. The summed E-state index contributed by atoms with van der Waals surface area (Å²) in [7, 11) is 0. The van der Waals surface area contributed by atoms with Crippen LogP contribution in [0.5, 0.6) is 0 Å². The number of ether oxygens (including phenoxy) is 2. The summed E-state index contributed by atoms with van der Waals surface area (Å²) in [6, 6.07) is 26.5. The zero-order chi connectivity index (χ0) is 27.1. The van der Waals surface area contributed by atoms with Crippen LogP contribution in [0, 0.1) is 5.92 Å². The van der Waals surface area contributed by atoms with Crippen LogP contribution >= 0.6 is 11.8 Å². The number of benzene rings is 3. The van der Waals surface area contributed by atoms with Crippen molar-refractivity contribution in [2.24, 2.45) is 5.92 Å². The quantitative estimate of drug-likeness (QED) is 0.271. The highest BCUT2D eigenvalue weighted by atomic mass is 32.2. The van der Waals surface area contributed by atoms with Gasteiger partial charge < -0.3 is 14.6 Å². The van der Waals surface area contributed by atoms with Crippen molar-refractivity contribution in [1.82, 2.24) is 0 Å². The molecule has 5 nitrogen and oxygen atoms in total. The fourth-order valence-corrected chi connectivity index (χ4v) is 5.99. The highest BCUT2D eigenvalue weighted by Gasteiger charge is 2.52. The van der Waals surface area contributed by atoms with E-state index < -0.39 is 23.5 Å². The van der Waals surface area contributed by atoms with E-state index in [1.54, 1.807) is 0 Å². The third-order valence-electron chi connectivity index (χ3n) is 6.82. The van der Waals surface area contributed by atoms with Crippen LogP contribution < -0.4 is 0 Å². The standard InChI is InChI=1S/C32H34O5S/c1-4-13-26(30(34)36-21-23-14-7-5-8-15-23)32(24-16-9-6-10-17-24)20-27(33)29(31(35)37-32)38-28-19-12-11-18-25(28)22(2)3/h5-12,14-19,22,26,33H,4,13,20-21H2,1-3H3. The second-order valence-electron chi connectivity index (χ2n) is 9.83. The summed E-state index contributed by atoms with van der Waals surface area (Å²) in [5.41, 5.74) is 1.23. The highest BCUT2D eigenvalue weighted by Crippen LogP contribution is 2.49. The number of thioether (sulfide) groups is 1. The molecule has 38 heavy (non-hydrogen) atoms. The van der Waals surface area contributed by atoms with Crippen molar-refractivity contribution in [3.05, 3.63) is 112 Å². The Morgan fingerprint density at radius 3 is 2.26 bits per heavy atom. The molecule has 0 fully saturated rings. The molecule has 1 heterocycles.